The van der Waals surface area contributed by atoms with Gasteiger partial charge < -0.3 is 14.6 Å². The molecule has 3 heteroatoms. The van der Waals surface area contributed by atoms with Crippen LogP contribution in [0.2, 0.25) is 0 Å². The first-order chi connectivity index (χ1) is 7.75. The highest BCUT2D eigenvalue weighted by atomic mass is 16.5. The van der Waals surface area contributed by atoms with E-state index in [4.69, 9.17) is 14.6 Å². The topological polar surface area (TPSA) is 38.7 Å². The molecule has 0 aliphatic heterocycles. The lowest BCUT2D eigenvalue weighted by atomic mass is 10.0. The summed E-state index contributed by atoms with van der Waals surface area (Å²) in [5.41, 5.74) is 1.21. The summed E-state index contributed by atoms with van der Waals surface area (Å²) in [6.45, 7) is 5.74. The number of benzene rings is 1. The van der Waals surface area contributed by atoms with Crippen LogP contribution >= 0.6 is 0 Å². The van der Waals surface area contributed by atoms with Gasteiger partial charge in [-0.25, -0.2) is 0 Å². The molecule has 90 valence electrons. The fourth-order valence-corrected chi connectivity index (χ4v) is 1.47. The average molecular weight is 224 g/mol. The Morgan fingerprint density at radius 2 is 1.88 bits per heavy atom. The fraction of sp³-hybridized carbons (Fsp3) is 0.538. The third-order valence-corrected chi connectivity index (χ3v) is 2.26. The van der Waals surface area contributed by atoms with Crippen LogP contribution in [-0.4, -0.2) is 31.5 Å². The van der Waals surface area contributed by atoms with Gasteiger partial charge in [0.15, 0.2) is 0 Å². The molecule has 0 heterocycles. The molecule has 0 atom stereocenters. The van der Waals surface area contributed by atoms with Crippen molar-refractivity contribution in [1.82, 2.24) is 0 Å². The van der Waals surface area contributed by atoms with Crippen molar-refractivity contribution in [1.29, 1.82) is 0 Å². The molecule has 0 bridgehead atoms. The first-order valence-electron chi connectivity index (χ1n) is 5.66. The molecule has 1 aromatic rings. The lowest BCUT2D eigenvalue weighted by Gasteiger charge is -2.13. The number of rotatable bonds is 7. The van der Waals surface area contributed by atoms with Crippen molar-refractivity contribution < 1.29 is 14.6 Å². The Hall–Kier alpha value is -1.06. The molecule has 16 heavy (non-hydrogen) atoms. The van der Waals surface area contributed by atoms with Gasteiger partial charge in [-0.1, -0.05) is 32.0 Å². The molecule has 1 aromatic carbocycles. The van der Waals surface area contributed by atoms with Crippen molar-refractivity contribution in [2.45, 2.75) is 19.8 Å². The predicted molar refractivity (Wildman–Crippen MR) is 63.9 cm³/mol. The molecule has 0 amide bonds. The van der Waals surface area contributed by atoms with Gasteiger partial charge in [-0.2, -0.15) is 0 Å². The Labute approximate surface area is 97.0 Å². The summed E-state index contributed by atoms with van der Waals surface area (Å²) < 4.78 is 10.8. The molecule has 0 aliphatic rings. The fourth-order valence-electron chi connectivity index (χ4n) is 1.47. The smallest absolute Gasteiger partial charge is 0.122 e. The molecule has 0 saturated carbocycles. The molecule has 0 unspecified atom stereocenters. The lowest BCUT2D eigenvalue weighted by molar-refractivity contribution is 0.0702. The van der Waals surface area contributed by atoms with Gasteiger partial charge in [0.25, 0.3) is 0 Å². The van der Waals surface area contributed by atoms with Gasteiger partial charge in [0, 0.05) is 0 Å². The van der Waals surface area contributed by atoms with Crippen LogP contribution < -0.4 is 4.74 Å². The normalized spacial score (nSPS) is 10.8. The molecule has 0 aliphatic carbocycles. The Kier molecular flexibility index (Phi) is 5.90. The van der Waals surface area contributed by atoms with Crippen LogP contribution in [0.4, 0.5) is 0 Å². The van der Waals surface area contributed by atoms with Crippen molar-refractivity contribution in [3.8, 4) is 5.75 Å². The van der Waals surface area contributed by atoms with Crippen molar-refractivity contribution in [2.24, 2.45) is 0 Å². The zero-order valence-electron chi connectivity index (χ0n) is 9.98. The summed E-state index contributed by atoms with van der Waals surface area (Å²) in [5, 5.41) is 8.53. The maximum absolute atomic E-state index is 8.53. The third-order valence-electron chi connectivity index (χ3n) is 2.26. The first-order valence-corrected chi connectivity index (χ1v) is 5.66. The van der Waals surface area contributed by atoms with E-state index in [1.807, 2.05) is 18.2 Å². The van der Waals surface area contributed by atoms with Gasteiger partial charge in [-0.05, 0) is 17.5 Å². The molecule has 0 aromatic heterocycles. The Bertz CT molecular complexity index is 297. The maximum atomic E-state index is 8.53. The summed E-state index contributed by atoms with van der Waals surface area (Å²) in [7, 11) is 0. The lowest BCUT2D eigenvalue weighted by Crippen LogP contribution is -2.10. The summed E-state index contributed by atoms with van der Waals surface area (Å²) in [5.74, 6) is 1.37. The zero-order valence-corrected chi connectivity index (χ0v) is 9.98. The average Bonchev–Trinajstić information content (AvgIpc) is 2.29. The number of aliphatic hydroxyl groups excluding tert-OH is 1. The molecular weight excluding hydrogens is 204 g/mol. The minimum Gasteiger partial charge on any atom is -0.491 e. The van der Waals surface area contributed by atoms with E-state index in [-0.39, 0.29) is 6.61 Å². The Morgan fingerprint density at radius 1 is 1.12 bits per heavy atom. The van der Waals surface area contributed by atoms with Crippen molar-refractivity contribution in [3.05, 3.63) is 29.8 Å². The molecule has 0 saturated heterocycles. The highest BCUT2D eigenvalue weighted by Crippen LogP contribution is 2.25. The second-order valence-electron chi connectivity index (χ2n) is 3.88. The molecule has 0 radical (unpaired) electrons. The van der Waals surface area contributed by atoms with Crippen LogP contribution in [0.1, 0.15) is 25.3 Å². The summed E-state index contributed by atoms with van der Waals surface area (Å²) in [4.78, 5) is 0. The van der Waals surface area contributed by atoms with Gasteiger partial charge in [-0.3, -0.25) is 0 Å². The van der Waals surface area contributed by atoms with Crippen molar-refractivity contribution in [2.75, 3.05) is 26.4 Å². The van der Waals surface area contributed by atoms with Crippen LogP contribution in [0.5, 0.6) is 5.75 Å². The quantitative estimate of drug-likeness (QED) is 0.722. The maximum Gasteiger partial charge on any atom is 0.122 e. The van der Waals surface area contributed by atoms with Gasteiger partial charge in [-0.15, -0.1) is 0 Å². The van der Waals surface area contributed by atoms with Gasteiger partial charge in [0.05, 0.1) is 19.8 Å². The predicted octanol–water partition coefficient (Wildman–Crippen LogP) is 2.20. The van der Waals surface area contributed by atoms with Crippen molar-refractivity contribution in [3.63, 3.8) is 0 Å². The molecule has 0 spiro atoms. The van der Waals surface area contributed by atoms with E-state index in [0.717, 1.165) is 5.75 Å². The van der Waals surface area contributed by atoms with Gasteiger partial charge >= 0.3 is 0 Å². The molecular formula is C13H20O3. The Morgan fingerprint density at radius 3 is 2.56 bits per heavy atom. The molecule has 3 nitrogen and oxygen atoms in total. The van der Waals surface area contributed by atoms with E-state index in [1.54, 1.807) is 0 Å². The standard InChI is InChI=1S/C13H20O3/c1-11(2)12-5-3-4-6-13(12)16-10-9-15-8-7-14/h3-6,11,14H,7-10H2,1-2H3. The highest BCUT2D eigenvalue weighted by Gasteiger charge is 2.06. The third kappa shape index (κ3) is 4.21. The Balaban J connectivity index is 2.41. The molecule has 1 rings (SSSR count). The summed E-state index contributed by atoms with van der Waals surface area (Å²) >= 11 is 0. The largest absolute Gasteiger partial charge is 0.491 e. The summed E-state index contributed by atoms with van der Waals surface area (Å²) in [6, 6.07) is 8.04. The number of ether oxygens (including phenoxy) is 2. The van der Waals surface area contributed by atoms with Gasteiger partial charge in [0.1, 0.15) is 12.4 Å². The van der Waals surface area contributed by atoms with E-state index in [9.17, 15) is 0 Å². The monoisotopic (exact) mass is 224 g/mol. The summed E-state index contributed by atoms with van der Waals surface area (Å²) in [6.07, 6.45) is 0. The van der Waals surface area contributed by atoms with Crippen LogP contribution in [0.25, 0.3) is 0 Å². The van der Waals surface area contributed by atoms with Crippen LogP contribution in [-0.2, 0) is 4.74 Å². The van der Waals surface area contributed by atoms with E-state index >= 15 is 0 Å². The first kappa shape index (κ1) is 13.0. The van der Waals surface area contributed by atoms with Crippen LogP contribution in [0.15, 0.2) is 24.3 Å². The molecule has 1 N–H and O–H groups in total. The van der Waals surface area contributed by atoms with E-state index in [0.29, 0.717) is 25.7 Å². The number of para-hydroxylation sites is 1. The zero-order chi connectivity index (χ0) is 11.8. The van der Waals surface area contributed by atoms with Crippen LogP contribution in [0, 0.1) is 0 Å². The number of hydrogen-bond acceptors (Lipinski definition) is 3. The SMILES string of the molecule is CC(C)c1ccccc1OCCOCCO. The number of aliphatic hydroxyl groups is 1. The van der Waals surface area contributed by atoms with E-state index < -0.39 is 0 Å². The molecule has 0 fully saturated rings. The second-order valence-corrected chi connectivity index (χ2v) is 3.88. The van der Waals surface area contributed by atoms with Gasteiger partial charge in [0.2, 0.25) is 0 Å². The number of hydrogen-bond donors (Lipinski definition) is 1. The minimum atomic E-state index is 0.0581. The highest BCUT2D eigenvalue weighted by molar-refractivity contribution is 5.35. The van der Waals surface area contributed by atoms with E-state index in [1.165, 1.54) is 5.56 Å². The van der Waals surface area contributed by atoms with E-state index in [2.05, 4.69) is 19.9 Å². The second kappa shape index (κ2) is 7.25. The van der Waals surface area contributed by atoms with Crippen molar-refractivity contribution >= 4 is 0 Å². The van der Waals surface area contributed by atoms with Crippen LogP contribution in [0.3, 0.4) is 0 Å². The minimum absolute atomic E-state index is 0.0581.